The fraction of sp³-hybridized carbons (Fsp3) is 1.00. The van der Waals surface area contributed by atoms with E-state index >= 15 is 0 Å². The van der Waals surface area contributed by atoms with E-state index in [-0.39, 0.29) is 0 Å². The molecule has 0 aromatic carbocycles. The monoisotopic (exact) mass is 674 g/mol. The second kappa shape index (κ2) is 8.56. The van der Waals surface area contributed by atoms with Crippen molar-refractivity contribution >= 4 is 75.7 Å². The van der Waals surface area contributed by atoms with Crippen molar-refractivity contribution in [3.05, 3.63) is 0 Å². The van der Waals surface area contributed by atoms with Gasteiger partial charge in [0.05, 0.1) is 0 Å². The summed E-state index contributed by atoms with van der Waals surface area (Å²) < 4.78 is 3.19. The molecule has 1 nitrogen and oxygen atoms in total. The predicted octanol–water partition coefficient (Wildman–Crippen LogP) is 5.16. The van der Waals surface area contributed by atoms with Crippen LogP contribution < -0.4 is 0 Å². The Labute approximate surface area is 132 Å². The Hall–Kier alpha value is 3.15. The molecular weight excluding hydrogens is 633 g/mol. The molecule has 0 spiro atoms. The van der Waals surface area contributed by atoms with E-state index in [1.54, 1.807) is 0 Å². The number of hydrogen-bond donors (Lipinski definition) is 0. The molecule has 0 amide bonds. The van der Waals surface area contributed by atoms with Crippen LogP contribution in [0.3, 0.4) is 0 Å². The molecule has 0 fully saturated rings. The second-order valence-electron chi connectivity index (χ2n) is 8.35. The molecule has 0 aliphatic heterocycles. The molecule has 17 heavy (non-hydrogen) atoms. The quantitative estimate of drug-likeness (QED) is 0.376. The molecule has 0 atom stereocenters. The Morgan fingerprint density at radius 3 is 0.647 bits per heavy atom. The maximum atomic E-state index is 3.19. The van der Waals surface area contributed by atoms with Gasteiger partial charge in [-0.3, -0.25) is 0 Å². The van der Waals surface area contributed by atoms with Crippen molar-refractivity contribution in [2.45, 2.75) is 59.3 Å². The summed E-state index contributed by atoms with van der Waals surface area (Å²) in [5.74, 6) is 0. The summed E-state index contributed by atoms with van der Waals surface area (Å²) in [5, 5.41) is 0. The Bertz CT molecular complexity index is 172. The summed E-state index contributed by atoms with van der Waals surface area (Å²) in [6.45, 7) is 0. The molecule has 0 unspecified atom stereocenters. The predicted molar refractivity (Wildman–Crippen MR) is 95.2 cm³/mol. The average molecular weight is 669 g/mol. The van der Waals surface area contributed by atoms with Crippen molar-refractivity contribution < 1.29 is 0 Å². The van der Waals surface area contributed by atoms with Crippen LogP contribution in [-0.4, -0.2) is 75.3 Å². The molecule has 0 radical (unpaired) electrons. The summed E-state index contributed by atoms with van der Waals surface area (Å²) in [7, 11) is 0. The molecular formula is C12H36NSn4+. The van der Waals surface area contributed by atoms with Gasteiger partial charge >= 0.3 is 135 Å². The molecule has 0 N–H and O–H groups in total. The number of nitrogens with zero attached hydrogens (tertiary/aromatic N) is 1. The van der Waals surface area contributed by atoms with Crippen LogP contribution in [0.1, 0.15) is 0 Å². The Morgan fingerprint density at radius 1 is 0.529 bits per heavy atom. The van der Waals surface area contributed by atoms with E-state index in [4.69, 9.17) is 0 Å². The summed E-state index contributed by atoms with van der Waals surface area (Å²) in [5.41, 5.74) is 0. The molecule has 0 bridgehead atoms. The minimum atomic E-state index is -1.78. The summed E-state index contributed by atoms with van der Waals surface area (Å²) in [6.07, 6.45) is 0. The first-order chi connectivity index (χ1) is 7.10. The van der Waals surface area contributed by atoms with Crippen molar-refractivity contribution in [1.29, 1.82) is 0 Å². The van der Waals surface area contributed by atoms with Crippen LogP contribution in [0.4, 0.5) is 0 Å². The molecule has 0 heterocycles. The number of hydrogen-bond acceptors (Lipinski definition) is 1. The van der Waals surface area contributed by atoms with Crippen LogP contribution in [0.25, 0.3) is 0 Å². The van der Waals surface area contributed by atoms with Gasteiger partial charge in [0.15, 0.2) is 0 Å². The van der Waals surface area contributed by atoms with Gasteiger partial charge in [0.1, 0.15) is 0 Å². The van der Waals surface area contributed by atoms with Crippen LogP contribution in [0.15, 0.2) is 0 Å². The van der Waals surface area contributed by atoms with Gasteiger partial charge in [-0.1, -0.05) is 0 Å². The topological polar surface area (TPSA) is 3.24 Å². The van der Waals surface area contributed by atoms with Crippen LogP contribution >= 0.6 is 0 Å². The molecule has 0 aromatic rings. The third-order valence-corrected chi connectivity index (χ3v) is 90.6. The zero-order valence-corrected chi connectivity index (χ0v) is 25.9. The Morgan fingerprint density at radius 2 is 0.647 bits per heavy atom. The molecule has 104 valence electrons. The van der Waals surface area contributed by atoms with E-state index in [0.29, 0.717) is 0 Å². The Kier molecular flexibility index (Phi) is 11.3. The average Bonchev–Trinajstić information content (AvgIpc) is 1.69. The minimum absolute atomic E-state index is 0.543. The first kappa shape index (κ1) is 22.4. The van der Waals surface area contributed by atoms with Gasteiger partial charge in [-0.05, 0) is 0 Å². The Balaban J connectivity index is 0. The van der Waals surface area contributed by atoms with E-state index in [1.165, 1.54) is 0 Å². The summed E-state index contributed by atoms with van der Waals surface area (Å²) >= 11 is -5.87. The molecule has 0 saturated heterocycles. The van der Waals surface area contributed by atoms with Crippen molar-refractivity contribution in [3.63, 3.8) is 0 Å². The van der Waals surface area contributed by atoms with E-state index < -0.39 is 75.7 Å². The van der Waals surface area contributed by atoms with E-state index in [1.807, 2.05) is 0 Å². The first-order valence-electron chi connectivity index (χ1n) is 6.67. The van der Waals surface area contributed by atoms with E-state index in [2.05, 4.69) is 58.8 Å². The fourth-order valence-corrected chi connectivity index (χ4v) is 136. The van der Waals surface area contributed by atoms with E-state index in [9.17, 15) is 0 Å². The van der Waals surface area contributed by atoms with Crippen LogP contribution in [0.2, 0.25) is 59.3 Å². The second-order valence-corrected chi connectivity index (χ2v) is 68.8. The van der Waals surface area contributed by atoms with Gasteiger partial charge in [0, 0.05) is 0 Å². The third-order valence-electron chi connectivity index (χ3n) is 2.01. The van der Waals surface area contributed by atoms with E-state index in [0.717, 1.165) is 0 Å². The molecule has 0 aliphatic carbocycles. The van der Waals surface area contributed by atoms with Crippen LogP contribution in [0.5, 0.6) is 0 Å². The van der Waals surface area contributed by atoms with Crippen molar-refractivity contribution in [3.8, 4) is 0 Å². The van der Waals surface area contributed by atoms with Gasteiger partial charge in [0.25, 0.3) is 0 Å². The SMILES string of the molecule is [CH3][Sn+]([CH3])[CH3].[CH3][Sn]([CH3])([CH3])[N]([Sn]([CH3])([CH3])[CH3])[Sn]([CH3])([CH3])[CH3]. The van der Waals surface area contributed by atoms with Crippen LogP contribution in [0, 0.1) is 0 Å². The van der Waals surface area contributed by atoms with Gasteiger partial charge in [-0.2, -0.15) is 0 Å². The first-order valence-corrected chi connectivity index (χ1v) is 44.7. The van der Waals surface area contributed by atoms with Crippen molar-refractivity contribution in [1.82, 2.24) is -0.435 Å². The van der Waals surface area contributed by atoms with Crippen molar-refractivity contribution in [2.75, 3.05) is 0 Å². The molecule has 0 aliphatic rings. The van der Waals surface area contributed by atoms with Crippen molar-refractivity contribution in [2.24, 2.45) is 0 Å². The fourth-order valence-electron chi connectivity index (χ4n) is 3.02. The zero-order valence-electron chi connectivity index (χ0n) is 14.4. The molecule has 0 aromatic heterocycles. The van der Waals surface area contributed by atoms with Gasteiger partial charge in [-0.15, -0.1) is 0 Å². The molecule has 5 heteroatoms. The maximum absolute atomic E-state index is 3.19. The molecule has 0 rings (SSSR count). The normalized spacial score (nSPS) is 13.2. The molecule has 0 saturated carbocycles. The standard InChI is InChI=1S/12CH3.N.4Sn/h12*1H3;;;;;/q;;;;;;;;;;;;;;;;+1. The van der Waals surface area contributed by atoms with Gasteiger partial charge in [-0.25, -0.2) is 0 Å². The third kappa shape index (κ3) is 12.6. The van der Waals surface area contributed by atoms with Gasteiger partial charge in [0.2, 0.25) is 0 Å². The van der Waals surface area contributed by atoms with Gasteiger partial charge < -0.3 is 0 Å². The summed E-state index contributed by atoms with van der Waals surface area (Å²) in [6, 6.07) is 0. The number of rotatable bonds is 3. The zero-order chi connectivity index (χ0) is 14.7. The summed E-state index contributed by atoms with van der Waals surface area (Å²) in [4.78, 5) is 30.5. The van der Waals surface area contributed by atoms with Crippen LogP contribution in [-0.2, 0) is 0 Å².